The minimum Gasteiger partial charge on any atom is -0.332 e. The van der Waals surface area contributed by atoms with E-state index in [-0.39, 0.29) is 0 Å². The zero-order valence-corrected chi connectivity index (χ0v) is 7.59. The Morgan fingerprint density at radius 3 is 2.00 bits per heavy atom. The largest absolute Gasteiger partial charge is 0.332 e. The molecule has 8 heavy (non-hydrogen) atoms. The van der Waals surface area contributed by atoms with Gasteiger partial charge < -0.3 is 4.57 Å². The van der Waals surface area contributed by atoms with Crippen LogP contribution < -0.4 is 0 Å². The van der Waals surface area contributed by atoms with Crippen LogP contribution in [0.25, 0.3) is 0 Å². The standard InChI is InChI=1S/C6H17NSi/c1-5-6-8(4)7(2)3/h8H,5-6H2,1-4H3. The highest BCUT2D eigenvalue weighted by Gasteiger charge is 2.02. The van der Waals surface area contributed by atoms with Crippen LogP contribution >= 0.6 is 0 Å². The van der Waals surface area contributed by atoms with Gasteiger partial charge in [-0.25, -0.2) is 0 Å². The fourth-order valence-electron chi connectivity index (χ4n) is 0.676. The first-order valence-electron chi connectivity index (χ1n) is 3.35. The quantitative estimate of drug-likeness (QED) is 0.522. The maximum absolute atomic E-state index is 2.39. The molecule has 50 valence electrons. The summed E-state index contributed by atoms with van der Waals surface area (Å²) in [5.74, 6) is 0. The molecule has 0 aromatic rings. The molecule has 2 heteroatoms. The van der Waals surface area contributed by atoms with Crippen molar-refractivity contribution in [2.45, 2.75) is 25.9 Å². The van der Waals surface area contributed by atoms with Crippen molar-refractivity contribution in [2.75, 3.05) is 14.1 Å². The third-order valence-electron chi connectivity index (χ3n) is 1.59. The molecular weight excluding hydrogens is 114 g/mol. The average Bonchev–Trinajstić information content (AvgIpc) is 1.67. The molecular formula is C6H17NSi. The van der Waals surface area contributed by atoms with Crippen LogP contribution in [-0.4, -0.2) is 27.6 Å². The van der Waals surface area contributed by atoms with Gasteiger partial charge in [0.1, 0.15) is 8.96 Å². The fraction of sp³-hybridized carbons (Fsp3) is 1.00. The number of rotatable bonds is 3. The molecule has 0 spiro atoms. The van der Waals surface area contributed by atoms with Crippen LogP contribution in [-0.2, 0) is 0 Å². The molecule has 0 N–H and O–H groups in total. The fourth-order valence-corrected chi connectivity index (χ4v) is 2.03. The van der Waals surface area contributed by atoms with E-state index in [0.29, 0.717) is 0 Å². The molecule has 0 bridgehead atoms. The van der Waals surface area contributed by atoms with E-state index in [2.05, 4.69) is 32.1 Å². The van der Waals surface area contributed by atoms with Gasteiger partial charge in [0.25, 0.3) is 0 Å². The molecule has 0 aliphatic rings. The van der Waals surface area contributed by atoms with Crippen LogP contribution in [0.4, 0.5) is 0 Å². The van der Waals surface area contributed by atoms with Gasteiger partial charge in [0.15, 0.2) is 0 Å². The third-order valence-corrected chi connectivity index (χ3v) is 4.76. The second-order valence-electron chi connectivity index (χ2n) is 2.60. The van der Waals surface area contributed by atoms with Gasteiger partial charge in [-0.3, -0.25) is 0 Å². The van der Waals surface area contributed by atoms with E-state index in [0.717, 1.165) is 0 Å². The summed E-state index contributed by atoms with van der Waals surface area (Å²) in [6.45, 7) is 4.65. The molecule has 0 heterocycles. The van der Waals surface area contributed by atoms with Crippen molar-refractivity contribution in [3.63, 3.8) is 0 Å². The second kappa shape index (κ2) is 4.10. The molecule has 0 aliphatic heterocycles. The summed E-state index contributed by atoms with van der Waals surface area (Å²) in [7, 11) is 3.93. The molecule has 0 saturated heterocycles. The van der Waals surface area contributed by atoms with E-state index in [4.69, 9.17) is 0 Å². The normalized spacial score (nSPS) is 14.6. The van der Waals surface area contributed by atoms with Crippen molar-refractivity contribution >= 4 is 8.96 Å². The Labute approximate surface area is 54.4 Å². The lowest BCUT2D eigenvalue weighted by atomic mass is 10.6. The van der Waals surface area contributed by atoms with Gasteiger partial charge in [-0.1, -0.05) is 19.9 Å². The Hall–Kier alpha value is 0.177. The van der Waals surface area contributed by atoms with Gasteiger partial charge in [0.2, 0.25) is 0 Å². The molecule has 0 aromatic carbocycles. The van der Waals surface area contributed by atoms with Gasteiger partial charge in [0.05, 0.1) is 0 Å². The van der Waals surface area contributed by atoms with Crippen LogP contribution in [0.3, 0.4) is 0 Å². The first-order valence-corrected chi connectivity index (χ1v) is 5.83. The average molecular weight is 131 g/mol. The Kier molecular flexibility index (Phi) is 4.19. The predicted octanol–water partition coefficient (Wildman–Crippen LogP) is 1.31. The van der Waals surface area contributed by atoms with E-state index in [9.17, 15) is 0 Å². The SMILES string of the molecule is CCC[SiH](C)N(C)C. The topological polar surface area (TPSA) is 3.24 Å². The van der Waals surface area contributed by atoms with Gasteiger partial charge in [-0.05, 0) is 20.1 Å². The lowest BCUT2D eigenvalue weighted by Crippen LogP contribution is -2.28. The summed E-state index contributed by atoms with van der Waals surface area (Å²) in [6, 6.07) is 1.45. The monoisotopic (exact) mass is 131 g/mol. The lowest BCUT2D eigenvalue weighted by Gasteiger charge is -2.16. The maximum Gasteiger partial charge on any atom is 0.108 e. The van der Waals surface area contributed by atoms with Gasteiger partial charge in [0, 0.05) is 0 Å². The first kappa shape index (κ1) is 8.18. The predicted molar refractivity (Wildman–Crippen MR) is 41.8 cm³/mol. The number of nitrogens with zero attached hydrogens (tertiary/aromatic N) is 1. The summed E-state index contributed by atoms with van der Waals surface area (Å²) in [6.07, 6.45) is 1.35. The zero-order chi connectivity index (χ0) is 6.57. The van der Waals surface area contributed by atoms with E-state index in [1.807, 2.05) is 0 Å². The smallest absolute Gasteiger partial charge is 0.108 e. The summed E-state index contributed by atoms with van der Waals surface area (Å²) in [5.41, 5.74) is 0. The van der Waals surface area contributed by atoms with Crippen LogP contribution in [0.5, 0.6) is 0 Å². The van der Waals surface area contributed by atoms with E-state index >= 15 is 0 Å². The molecule has 0 saturated carbocycles. The summed E-state index contributed by atoms with van der Waals surface area (Å²) in [5, 5.41) is 0. The molecule has 1 nitrogen and oxygen atoms in total. The molecule has 0 amide bonds. The summed E-state index contributed by atoms with van der Waals surface area (Å²) < 4.78 is 2.39. The number of hydrogen-bond donors (Lipinski definition) is 0. The Morgan fingerprint density at radius 2 is 1.88 bits per heavy atom. The van der Waals surface area contributed by atoms with Crippen molar-refractivity contribution < 1.29 is 0 Å². The van der Waals surface area contributed by atoms with Gasteiger partial charge in [-0.2, -0.15) is 0 Å². The minimum absolute atomic E-state index is 0.442. The molecule has 1 unspecified atom stereocenters. The Morgan fingerprint density at radius 1 is 1.38 bits per heavy atom. The van der Waals surface area contributed by atoms with E-state index < -0.39 is 8.96 Å². The first-order chi connectivity index (χ1) is 3.68. The lowest BCUT2D eigenvalue weighted by molar-refractivity contribution is 0.636. The molecule has 0 fully saturated rings. The van der Waals surface area contributed by atoms with Crippen molar-refractivity contribution in [2.24, 2.45) is 0 Å². The highest BCUT2D eigenvalue weighted by Crippen LogP contribution is 1.97. The second-order valence-corrected chi connectivity index (χ2v) is 5.91. The summed E-state index contributed by atoms with van der Waals surface area (Å²) in [4.78, 5) is 0. The highest BCUT2D eigenvalue weighted by atomic mass is 28.3. The zero-order valence-electron chi connectivity index (χ0n) is 6.44. The molecule has 0 aliphatic carbocycles. The van der Waals surface area contributed by atoms with Crippen LogP contribution in [0.15, 0.2) is 0 Å². The van der Waals surface area contributed by atoms with Crippen molar-refractivity contribution in [1.29, 1.82) is 0 Å². The molecule has 0 aromatic heterocycles. The van der Waals surface area contributed by atoms with Gasteiger partial charge >= 0.3 is 0 Å². The van der Waals surface area contributed by atoms with Gasteiger partial charge in [-0.15, -0.1) is 0 Å². The maximum atomic E-state index is 2.39. The van der Waals surface area contributed by atoms with Crippen molar-refractivity contribution in [1.82, 2.24) is 4.57 Å². The third kappa shape index (κ3) is 3.21. The van der Waals surface area contributed by atoms with E-state index in [1.54, 1.807) is 0 Å². The van der Waals surface area contributed by atoms with Crippen molar-refractivity contribution in [3.8, 4) is 0 Å². The van der Waals surface area contributed by atoms with Crippen LogP contribution in [0.1, 0.15) is 13.3 Å². The summed E-state index contributed by atoms with van der Waals surface area (Å²) >= 11 is 0. The van der Waals surface area contributed by atoms with Crippen LogP contribution in [0.2, 0.25) is 12.6 Å². The van der Waals surface area contributed by atoms with Crippen LogP contribution in [0, 0.1) is 0 Å². The molecule has 0 radical (unpaired) electrons. The minimum atomic E-state index is -0.442. The molecule has 1 atom stereocenters. The Balaban J connectivity index is 3.17. The molecule has 0 rings (SSSR count). The number of hydrogen-bond acceptors (Lipinski definition) is 1. The van der Waals surface area contributed by atoms with E-state index in [1.165, 1.54) is 12.5 Å². The van der Waals surface area contributed by atoms with Crippen molar-refractivity contribution in [3.05, 3.63) is 0 Å². The Bertz CT molecular complexity index is 54.5. The highest BCUT2D eigenvalue weighted by molar-refractivity contribution is 6.53.